The molecule has 3 N–H and O–H groups in total. The van der Waals surface area contributed by atoms with Crippen LogP contribution in [0.15, 0.2) is 33.2 Å². The lowest BCUT2D eigenvalue weighted by Crippen LogP contribution is -2.11. The van der Waals surface area contributed by atoms with Crippen molar-refractivity contribution in [1.82, 2.24) is 0 Å². The highest BCUT2D eigenvalue weighted by Gasteiger charge is 2.15. The maximum atomic E-state index is 14.2. The van der Waals surface area contributed by atoms with E-state index in [0.29, 0.717) is 5.56 Å². The van der Waals surface area contributed by atoms with Crippen molar-refractivity contribution in [2.75, 3.05) is 5.32 Å². The maximum Gasteiger partial charge on any atom is 0.161 e. The van der Waals surface area contributed by atoms with Crippen LogP contribution in [0.1, 0.15) is 5.56 Å². The summed E-state index contributed by atoms with van der Waals surface area (Å²) in [5.41, 5.74) is 5.53. The Kier molecular flexibility index (Phi) is 4.90. The molecule has 0 radical (unpaired) electrons. The monoisotopic (exact) mass is 438 g/mol. The van der Waals surface area contributed by atoms with Gasteiger partial charge in [-0.2, -0.15) is 0 Å². The van der Waals surface area contributed by atoms with Gasteiger partial charge < -0.3 is 11.1 Å². The van der Waals surface area contributed by atoms with Gasteiger partial charge in [0.25, 0.3) is 0 Å². The van der Waals surface area contributed by atoms with Crippen LogP contribution in [0.25, 0.3) is 0 Å². The molecule has 2 nitrogen and oxygen atoms in total. The minimum Gasteiger partial charge on any atom is -0.389 e. The summed E-state index contributed by atoms with van der Waals surface area (Å²) >= 11 is 10.7. The Hall–Kier alpha value is -1.12. The average molecular weight is 440 g/mol. The summed E-state index contributed by atoms with van der Waals surface area (Å²) in [7, 11) is 0. The van der Waals surface area contributed by atoms with Crippen LogP contribution in [-0.2, 0) is 0 Å². The molecule has 0 saturated carbocycles. The number of thiocarbonyl (C=S) groups is 1. The third-order valence-electron chi connectivity index (χ3n) is 2.63. The summed E-state index contributed by atoms with van der Waals surface area (Å²) in [6.45, 7) is 0. The van der Waals surface area contributed by atoms with Gasteiger partial charge in [-0.3, -0.25) is 0 Å². The lowest BCUT2D eigenvalue weighted by molar-refractivity contribution is 0.596. The number of hydrogen-bond donors (Lipinski definition) is 2. The van der Waals surface area contributed by atoms with Gasteiger partial charge in [0.1, 0.15) is 16.6 Å². The highest BCUT2D eigenvalue weighted by Crippen LogP contribution is 2.31. The van der Waals surface area contributed by atoms with Crippen molar-refractivity contribution in [3.8, 4) is 0 Å². The van der Waals surface area contributed by atoms with Crippen molar-refractivity contribution >= 4 is 60.4 Å². The van der Waals surface area contributed by atoms with Crippen LogP contribution in [0.3, 0.4) is 0 Å². The molecule has 8 heteroatoms. The van der Waals surface area contributed by atoms with E-state index < -0.39 is 17.5 Å². The Balaban J connectivity index is 2.43. The summed E-state index contributed by atoms with van der Waals surface area (Å²) in [6.07, 6.45) is 0. The molecular weight excluding hydrogens is 433 g/mol. The lowest BCUT2D eigenvalue weighted by atomic mass is 10.2. The van der Waals surface area contributed by atoms with Crippen LogP contribution < -0.4 is 11.1 Å². The number of anilines is 2. The molecule has 0 unspecified atom stereocenters. The fraction of sp³-hybridized carbons (Fsp3) is 0. The van der Waals surface area contributed by atoms with E-state index in [-0.39, 0.29) is 25.3 Å². The second kappa shape index (κ2) is 6.33. The molecule has 0 bridgehead atoms. The number of rotatable bonds is 3. The Bertz CT molecular complexity index is 738. The molecule has 2 rings (SSSR count). The Labute approximate surface area is 140 Å². The Morgan fingerprint density at radius 1 is 1.05 bits per heavy atom. The van der Waals surface area contributed by atoms with Gasteiger partial charge >= 0.3 is 0 Å². The number of nitrogens with one attached hydrogen (secondary N) is 1. The standard InChI is InChI=1S/C13H7Br2F3N2S/c14-6-3-8(17)10(4-7(6)16)20-9-2-1-5(13(19)21)11(15)12(9)18/h1-4,20H,(H2,19,21). The molecule has 2 aromatic rings. The first-order valence-electron chi connectivity index (χ1n) is 5.50. The van der Waals surface area contributed by atoms with Gasteiger partial charge in [0.05, 0.1) is 20.3 Å². The van der Waals surface area contributed by atoms with Gasteiger partial charge in [-0.05, 0) is 50.1 Å². The van der Waals surface area contributed by atoms with Gasteiger partial charge in [-0.1, -0.05) is 12.2 Å². The molecule has 21 heavy (non-hydrogen) atoms. The van der Waals surface area contributed by atoms with Crippen molar-refractivity contribution in [3.63, 3.8) is 0 Å². The van der Waals surface area contributed by atoms with Crippen LogP contribution in [0.2, 0.25) is 0 Å². The molecule has 2 aromatic carbocycles. The van der Waals surface area contributed by atoms with Crippen molar-refractivity contribution in [3.05, 3.63) is 56.2 Å². The third-order valence-corrected chi connectivity index (χ3v) is 4.23. The first-order chi connectivity index (χ1) is 9.81. The van der Waals surface area contributed by atoms with Gasteiger partial charge in [0.15, 0.2) is 5.82 Å². The molecule has 0 aliphatic heterocycles. The smallest absolute Gasteiger partial charge is 0.161 e. The first kappa shape index (κ1) is 16.3. The summed E-state index contributed by atoms with van der Waals surface area (Å²) in [4.78, 5) is 0.0215. The van der Waals surface area contributed by atoms with Crippen LogP contribution in [0, 0.1) is 17.5 Å². The van der Waals surface area contributed by atoms with Crippen molar-refractivity contribution in [2.24, 2.45) is 5.73 Å². The van der Waals surface area contributed by atoms with Gasteiger partial charge in [0, 0.05) is 11.6 Å². The van der Waals surface area contributed by atoms with E-state index in [0.717, 1.165) is 12.1 Å². The summed E-state index contributed by atoms with van der Waals surface area (Å²) in [5, 5.41) is 2.49. The first-order valence-corrected chi connectivity index (χ1v) is 7.50. The molecule has 0 fully saturated rings. The van der Waals surface area contributed by atoms with E-state index in [2.05, 4.69) is 37.2 Å². The zero-order valence-corrected chi connectivity index (χ0v) is 14.2. The number of nitrogens with two attached hydrogens (primary N) is 1. The number of hydrogen-bond acceptors (Lipinski definition) is 2. The highest BCUT2D eigenvalue weighted by atomic mass is 79.9. The fourth-order valence-electron chi connectivity index (χ4n) is 1.60. The zero-order chi connectivity index (χ0) is 15.7. The van der Waals surface area contributed by atoms with E-state index in [4.69, 9.17) is 18.0 Å². The van der Waals surface area contributed by atoms with E-state index in [9.17, 15) is 13.2 Å². The second-order valence-corrected chi connectivity index (χ2v) is 6.11. The van der Waals surface area contributed by atoms with Crippen molar-refractivity contribution in [1.29, 1.82) is 0 Å². The predicted octanol–water partition coefficient (Wildman–Crippen LogP) is 5.01. The quantitative estimate of drug-likeness (QED) is 0.521. The third kappa shape index (κ3) is 3.38. The topological polar surface area (TPSA) is 38.0 Å². The molecule has 0 aliphatic rings. The summed E-state index contributed by atoms with van der Waals surface area (Å²) < 4.78 is 41.3. The molecule has 110 valence electrons. The molecule has 0 spiro atoms. The number of halogens is 5. The normalized spacial score (nSPS) is 10.5. The van der Waals surface area contributed by atoms with Gasteiger partial charge in [0.2, 0.25) is 0 Å². The van der Waals surface area contributed by atoms with Crippen molar-refractivity contribution in [2.45, 2.75) is 0 Å². The molecule has 0 heterocycles. The largest absolute Gasteiger partial charge is 0.389 e. The van der Waals surface area contributed by atoms with E-state index in [1.165, 1.54) is 12.1 Å². The molecule has 0 aliphatic carbocycles. The van der Waals surface area contributed by atoms with Crippen LogP contribution in [0.4, 0.5) is 24.5 Å². The highest BCUT2D eigenvalue weighted by molar-refractivity contribution is 9.10. The average Bonchev–Trinajstić information content (AvgIpc) is 2.40. The molecule has 0 aromatic heterocycles. The minimum atomic E-state index is -0.725. The SMILES string of the molecule is NC(=S)c1ccc(Nc2cc(F)c(Br)cc2F)c(F)c1Br. The lowest BCUT2D eigenvalue weighted by Gasteiger charge is -2.12. The minimum absolute atomic E-state index is 0.0176. The molecule has 0 amide bonds. The van der Waals surface area contributed by atoms with Crippen LogP contribution in [-0.4, -0.2) is 4.99 Å². The molecule has 0 saturated heterocycles. The van der Waals surface area contributed by atoms with E-state index in [1.54, 1.807) is 0 Å². The van der Waals surface area contributed by atoms with Crippen molar-refractivity contribution < 1.29 is 13.2 Å². The van der Waals surface area contributed by atoms with Gasteiger partial charge in [-0.25, -0.2) is 13.2 Å². The Morgan fingerprint density at radius 3 is 2.33 bits per heavy atom. The zero-order valence-electron chi connectivity index (χ0n) is 10.2. The Morgan fingerprint density at radius 2 is 1.71 bits per heavy atom. The summed E-state index contributed by atoms with van der Waals surface area (Å²) in [5.74, 6) is -2.10. The number of benzene rings is 2. The molecule has 0 atom stereocenters. The molecular formula is C13H7Br2F3N2S. The maximum absolute atomic E-state index is 14.2. The predicted molar refractivity (Wildman–Crippen MR) is 87.3 cm³/mol. The second-order valence-electron chi connectivity index (χ2n) is 4.02. The van der Waals surface area contributed by atoms with E-state index in [1.807, 2.05) is 0 Å². The van der Waals surface area contributed by atoms with E-state index >= 15 is 0 Å². The van der Waals surface area contributed by atoms with Crippen LogP contribution >= 0.6 is 44.1 Å². The summed E-state index contributed by atoms with van der Waals surface area (Å²) in [6, 6.07) is 4.70. The van der Waals surface area contributed by atoms with Gasteiger partial charge in [-0.15, -0.1) is 0 Å². The van der Waals surface area contributed by atoms with Crippen LogP contribution in [0.5, 0.6) is 0 Å². The fourth-order valence-corrected chi connectivity index (χ4v) is 2.78.